The van der Waals surface area contributed by atoms with Crippen LogP contribution in [0, 0.1) is 10.1 Å². The van der Waals surface area contributed by atoms with E-state index in [9.17, 15) is 10.1 Å². The summed E-state index contributed by atoms with van der Waals surface area (Å²) in [7, 11) is 0. The molecule has 1 aromatic rings. The van der Waals surface area contributed by atoms with Crippen LogP contribution < -0.4 is 0 Å². The van der Waals surface area contributed by atoms with Gasteiger partial charge in [0.25, 0.3) is 5.69 Å². The third kappa shape index (κ3) is 3.51. The van der Waals surface area contributed by atoms with E-state index in [1.54, 1.807) is 0 Å². The summed E-state index contributed by atoms with van der Waals surface area (Å²) in [4.78, 5) is 14.9. The highest BCUT2D eigenvalue weighted by atomic mass is 35.5. The Hall–Kier alpha value is -1.62. The lowest BCUT2D eigenvalue weighted by atomic mass is 10.2. The maximum absolute atomic E-state index is 10.4. The van der Waals surface area contributed by atoms with E-state index in [0.29, 0.717) is 5.56 Å². The van der Waals surface area contributed by atoms with Crippen molar-refractivity contribution in [1.82, 2.24) is 0 Å². The normalized spacial score (nSPS) is 11.6. The zero-order valence-corrected chi connectivity index (χ0v) is 9.64. The van der Waals surface area contributed by atoms with Crippen molar-refractivity contribution in [2.75, 3.05) is 0 Å². The first-order chi connectivity index (χ1) is 7.50. The van der Waals surface area contributed by atoms with Gasteiger partial charge in [-0.05, 0) is 26.0 Å². The topological polar surface area (TPSA) is 64.7 Å². The monoisotopic (exact) mass is 242 g/mol. The van der Waals surface area contributed by atoms with Crippen molar-refractivity contribution in [2.24, 2.45) is 5.16 Å². The summed E-state index contributed by atoms with van der Waals surface area (Å²) in [6, 6.07) is 5.77. The van der Waals surface area contributed by atoms with Gasteiger partial charge in [-0.1, -0.05) is 16.8 Å². The molecule has 0 aliphatic rings. The number of nitrogens with zero attached hydrogens (tertiary/aromatic N) is 2. The van der Waals surface area contributed by atoms with Crippen LogP contribution in [0.15, 0.2) is 29.4 Å². The minimum atomic E-state index is -0.473. The lowest BCUT2D eigenvalue weighted by molar-refractivity contribution is -0.384. The second kappa shape index (κ2) is 5.46. The number of hydrogen-bond donors (Lipinski definition) is 0. The molecule has 0 N–H and O–H groups in total. The number of hydrogen-bond acceptors (Lipinski definition) is 4. The van der Waals surface area contributed by atoms with Crippen LogP contribution in [0.25, 0.3) is 0 Å². The molecule has 0 unspecified atom stereocenters. The van der Waals surface area contributed by atoms with E-state index in [2.05, 4.69) is 5.16 Å². The van der Waals surface area contributed by atoms with Crippen LogP contribution in [0.4, 0.5) is 5.69 Å². The number of nitro benzene ring substituents is 1. The van der Waals surface area contributed by atoms with Gasteiger partial charge in [0.15, 0.2) is 5.17 Å². The zero-order chi connectivity index (χ0) is 12.1. The Morgan fingerprint density at radius 1 is 1.44 bits per heavy atom. The molecule has 16 heavy (non-hydrogen) atoms. The minimum Gasteiger partial charge on any atom is -0.392 e. The smallest absolute Gasteiger partial charge is 0.269 e. The summed E-state index contributed by atoms with van der Waals surface area (Å²) < 4.78 is 0. The predicted octanol–water partition coefficient (Wildman–Crippen LogP) is 2.92. The molecule has 1 aromatic carbocycles. The van der Waals surface area contributed by atoms with Crippen LogP contribution in [0.3, 0.4) is 0 Å². The van der Waals surface area contributed by atoms with Gasteiger partial charge in [0.2, 0.25) is 0 Å². The molecule has 0 aromatic heterocycles. The van der Waals surface area contributed by atoms with E-state index in [-0.39, 0.29) is 17.0 Å². The van der Waals surface area contributed by atoms with E-state index >= 15 is 0 Å². The molecule has 0 bridgehead atoms. The zero-order valence-electron chi connectivity index (χ0n) is 8.88. The Bertz CT molecular complexity index is 401. The van der Waals surface area contributed by atoms with Gasteiger partial charge in [-0.3, -0.25) is 10.1 Å². The molecule has 1 rings (SSSR count). The highest BCUT2D eigenvalue weighted by Gasteiger charge is 2.06. The second-order valence-corrected chi connectivity index (χ2v) is 3.70. The van der Waals surface area contributed by atoms with Gasteiger partial charge in [0.1, 0.15) is 6.10 Å². The summed E-state index contributed by atoms with van der Waals surface area (Å²) in [6.45, 7) is 3.65. The van der Waals surface area contributed by atoms with Gasteiger partial charge in [0, 0.05) is 17.7 Å². The maximum Gasteiger partial charge on any atom is 0.269 e. The fraction of sp³-hybridized carbons (Fsp3) is 0.300. The molecule has 0 atom stereocenters. The Morgan fingerprint density at radius 2 is 2.00 bits per heavy atom. The Balaban J connectivity index is 2.81. The van der Waals surface area contributed by atoms with Crippen LogP contribution in [0.5, 0.6) is 0 Å². The van der Waals surface area contributed by atoms with Gasteiger partial charge >= 0.3 is 0 Å². The average Bonchev–Trinajstić information content (AvgIpc) is 2.26. The number of benzene rings is 1. The van der Waals surface area contributed by atoms with Crippen LogP contribution in [-0.2, 0) is 4.84 Å². The molecule has 0 saturated heterocycles. The first kappa shape index (κ1) is 12.4. The predicted molar refractivity (Wildman–Crippen MR) is 61.7 cm³/mol. The summed E-state index contributed by atoms with van der Waals surface area (Å²) in [5.74, 6) is 0. The first-order valence-electron chi connectivity index (χ1n) is 4.65. The van der Waals surface area contributed by atoms with Crippen LogP contribution in [-0.4, -0.2) is 16.2 Å². The fourth-order valence-corrected chi connectivity index (χ4v) is 1.09. The van der Waals surface area contributed by atoms with Crippen molar-refractivity contribution in [2.45, 2.75) is 20.0 Å². The van der Waals surface area contributed by atoms with Gasteiger partial charge in [0.05, 0.1) is 4.92 Å². The number of non-ortho nitro benzene ring substituents is 1. The quantitative estimate of drug-likeness (QED) is 0.463. The van der Waals surface area contributed by atoms with Crippen LogP contribution in [0.2, 0.25) is 0 Å². The Morgan fingerprint density at radius 3 is 2.44 bits per heavy atom. The van der Waals surface area contributed by atoms with Crippen molar-refractivity contribution in [3.8, 4) is 0 Å². The Labute approximate surface area is 97.8 Å². The van der Waals surface area contributed by atoms with Crippen molar-refractivity contribution >= 4 is 22.5 Å². The molecule has 6 heteroatoms. The van der Waals surface area contributed by atoms with Gasteiger partial charge < -0.3 is 4.84 Å². The third-order valence-electron chi connectivity index (χ3n) is 1.66. The fourth-order valence-electron chi connectivity index (χ4n) is 0.925. The molecule has 0 radical (unpaired) electrons. The van der Waals surface area contributed by atoms with Gasteiger partial charge in [-0.25, -0.2) is 0 Å². The summed E-state index contributed by atoms with van der Waals surface area (Å²) in [5.41, 5.74) is 0.589. The number of nitro groups is 1. The lowest BCUT2D eigenvalue weighted by Gasteiger charge is -2.03. The molecule has 5 nitrogen and oxygen atoms in total. The van der Waals surface area contributed by atoms with Crippen molar-refractivity contribution in [3.63, 3.8) is 0 Å². The van der Waals surface area contributed by atoms with Crippen molar-refractivity contribution in [1.29, 1.82) is 0 Å². The molecule has 0 heterocycles. The molecular formula is C10H11ClN2O3. The van der Waals surface area contributed by atoms with E-state index in [1.807, 2.05) is 13.8 Å². The molecular weight excluding hydrogens is 232 g/mol. The molecule has 0 spiro atoms. The first-order valence-corrected chi connectivity index (χ1v) is 5.02. The van der Waals surface area contributed by atoms with Crippen molar-refractivity contribution < 1.29 is 9.76 Å². The number of oxime groups is 1. The van der Waals surface area contributed by atoms with Gasteiger partial charge in [-0.2, -0.15) is 0 Å². The maximum atomic E-state index is 10.4. The third-order valence-corrected chi connectivity index (χ3v) is 1.95. The average molecular weight is 243 g/mol. The highest BCUT2D eigenvalue weighted by molar-refractivity contribution is 6.69. The van der Waals surface area contributed by atoms with Crippen molar-refractivity contribution in [3.05, 3.63) is 39.9 Å². The molecule has 86 valence electrons. The van der Waals surface area contributed by atoms with E-state index in [4.69, 9.17) is 16.4 Å². The molecule has 0 fully saturated rings. The number of halogens is 1. The minimum absolute atomic E-state index is 0.0120. The molecule has 0 saturated carbocycles. The van der Waals surface area contributed by atoms with E-state index in [0.717, 1.165) is 0 Å². The standard InChI is InChI=1S/C10H11ClN2O3/c1-7(2)16-12-10(11)8-3-5-9(6-4-8)13(14)15/h3-7H,1-2H3. The highest BCUT2D eigenvalue weighted by Crippen LogP contribution is 2.14. The van der Waals surface area contributed by atoms with Gasteiger partial charge in [-0.15, -0.1) is 0 Å². The molecule has 0 aliphatic heterocycles. The molecule has 0 aliphatic carbocycles. The summed E-state index contributed by atoms with van der Waals surface area (Å²) in [5, 5.41) is 14.3. The van der Waals surface area contributed by atoms with E-state index < -0.39 is 4.92 Å². The van der Waals surface area contributed by atoms with Crippen LogP contribution in [0.1, 0.15) is 19.4 Å². The lowest BCUT2D eigenvalue weighted by Crippen LogP contribution is -2.00. The summed E-state index contributed by atoms with van der Waals surface area (Å²) in [6.07, 6.45) is -0.0631. The van der Waals surface area contributed by atoms with Crippen LogP contribution >= 0.6 is 11.6 Å². The SMILES string of the molecule is CC(C)ON=C(Cl)c1ccc([N+](=O)[O-])cc1. The Kier molecular flexibility index (Phi) is 4.25. The molecule has 0 amide bonds. The summed E-state index contributed by atoms with van der Waals surface area (Å²) >= 11 is 5.84. The second-order valence-electron chi connectivity index (χ2n) is 3.34. The largest absolute Gasteiger partial charge is 0.392 e. The van der Waals surface area contributed by atoms with E-state index in [1.165, 1.54) is 24.3 Å². The number of rotatable bonds is 4.